The molecule has 0 spiro atoms. The largest absolute Gasteiger partial charge is 0.477 e. The number of sulfonamides is 1. The van der Waals surface area contributed by atoms with Gasteiger partial charge in [0.05, 0.1) is 12.7 Å². The van der Waals surface area contributed by atoms with Crippen molar-refractivity contribution < 1.29 is 23.1 Å². The predicted octanol–water partition coefficient (Wildman–Crippen LogP) is 0.133. The molecule has 106 valence electrons. The van der Waals surface area contributed by atoms with Crippen molar-refractivity contribution in [2.45, 2.75) is 17.9 Å². The highest BCUT2D eigenvalue weighted by atomic mass is 32.2. The molecule has 0 saturated carbocycles. The zero-order valence-electron chi connectivity index (χ0n) is 10.7. The Labute approximate surface area is 111 Å². The monoisotopic (exact) mass is 288 g/mol. The van der Waals surface area contributed by atoms with Crippen molar-refractivity contribution in [3.8, 4) is 0 Å². The van der Waals surface area contributed by atoms with Crippen LogP contribution in [-0.4, -0.2) is 54.2 Å². The first-order valence-electron chi connectivity index (χ1n) is 5.84. The molecule has 19 heavy (non-hydrogen) atoms. The van der Waals surface area contributed by atoms with Gasteiger partial charge in [-0.2, -0.15) is 4.31 Å². The molecule has 1 aliphatic heterocycles. The van der Waals surface area contributed by atoms with Crippen LogP contribution in [0.3, 0.4) is 0 Å². The minimum atomic E-state index is -3.66. The number of morpholine rings is 1. The van der Waals surface area contributed by atoms with E-state index in [0.29, 0.717) is 6.61 Å². The first-order valence-corrected chi connectivity index (χ1v) is 7.28. The maximum Gasteiger partial charge on any atom is 0.352 e. The molecule has 0 bridgehead atoms. The number of aryl methyl sites for hydroxylation is 1. The van der Waals surface area contributed by atoms with Crippen LogP contribution in [0, 0.1) is 0 Å². The highest BCUT2D eigenvalue weighted by Gasteiger charge is 2.30. The van der Waals surface area contributed by atoms with Crippen LogP contribution in [0.4, 0.5) is 0 Å². The standard InChI is InChI=1S/C11H16N2O5S/c1-8-6-13(3-4-18-8)19(16,17)9-5-10(11(14)15)12(2)7-9/h5,7-8H,3-4,6H2,1-2H3,(H,14,15). The lowest BCUT2D eigenvalue weighted by atomic mass is 10.3. The fraction of sp³-hybridized carbons (Fsp3) is 0.545. The molecule has 8 heteroatoms. The quantitative estimate of drug-likeness (QED) is 0.854. The lowest BCUT2D eigenvalue weighted by Gasteiger charge is -2.29. The average molecular weight is 288 g/mol. The normalized spacial score (nSPS) is 21.5. The highest BCUT2D eigenvalue weighted by molar-refractivity contribution is 7.89. The van der Waals surface area contributed by atoms with Gasteiger partial charge < -0.3 is 14.4 Å². The van der Waals surface area contributed by atoms with E-state index < -0.39 is 16.0 Å². The number of hydrogen-bond donors (Lipinski definition) is 1. The molecule has 0 aliphatic carbocycles. The topological polar surface area (TPSA) is 88.8 Å². The Bertz CT molecular complexity index is 592. The first kappa shape index (κ1) is 14.0. The van der Waals surface area contributed by atoms with Gasteiger partial charge in [-0.05, 0) is 13.0 Å². The second-order valence-corrected chi connectivity index (χ2v) is 6.46. The number of carboxylic acid groups (broad SMARTS) is 1. The summed E-state index contributed by atoms with van der Waals surface area (Å²) < 4.78 is 32.7. The zero-order valence-corrected chi connectivity index (χ0v) is 11.6. The van der Waals surface area contributed by atoms with Gasteiger partial charge in [-0.1, -0.05) is 0 Å². The number of ether oxygens (including phenoxy) is 1. The van der Waals surface area contributed by atoms with Crippen molar-refractivity contribution in [3.63, 3.8) is 0 Å². The van der Waals surface area contributed by atoms with Crippen LogP contribution in [0.5, 0.6) is 0 Å². The fourth-order valence-corrected chi connectivity index (χ4v) is 3.61. The summed E-state index contributed by atoms with van der Waals surface area (Å²) in [4.78, 5) is 10.9. The van der Waals surface area contributed by atoms with Gasteiger partial charge in [0.1, 0.15) is 10.6 Å². The number of nitrogens with zero attached hydrogens (tertiary/aromatic N) is 2. The van der Waals surface area contributed by atoms with Crippen molar-refractivity contribution >= 4 is 16.0 Å². The average Bonchev–Trinajstić information content (AvgIpc) is 2.72. The van der Waals surface area contributed by atoms with E-state index in [2.05, 4.69) is 0 Å². The molecule has 1 aromatic heterocycles. The van der Waals surface area contributed by atoms with Gasteiger partial charge in [0.25, 0.3) is 0 Å². The number of carbonyl (C=O) groups is 1. The van der Waals surface area contributed by atoms with E-state index in [1.165, 1.54) is 28.2 Å². The molecule has 0 radical (unpaired) electrons. The van der Waals surface area contributed by atoms with Gasteiger partial charge in [-0.25, -0.2) is 13.2 Å². The van der Waals surface area contributed by atoms with E-state index in [4.69, 9.17) is 9.84 Å². The summed E-state index contributed by atoms with van der Waals surface area (Å²) in [5.74, 6) is -1.15. The molecule has 0 amide bonds. The summed E-state index contributed by atoms with van der Waals surface area (Å²) in [5.41, 5.74) is -0.0557. The zero-order chi connectivity index (χ0) is 14.2. The van der Waals surface area contributed by atoms with Crippen LogP contribution >= 0.6 is 0 Å². The Hall–Kier alpha value is -1.38. The smallest absolute Gasteiger partial charge is 0.352 e. The van der Waals surface area contributed by atoms with Crippen molar-refractivity contribution in [3.05, 3.63) is 18.0 Å². The molecule has 1 fully saturated rings. The molecular formula is C11H16N2O5S. The van der Waals surface area contributed by atoms with Crippen molar-refractivity contribution in [2.75, 3.05) is 19.7 Å². The van der Waals surface area contributed by atoms with Gasteiger partial charge in [0, 0.05) is 26.3 Å². The Kier molecular flexibility index (Phi) is 3.66. The second kappa shape index (κ2) is 4.95. The number of aromatic nitrogens is 1. The van der Waals surface area contributed by atoms with Gasteiger partial charge in [0.15, 0.2) is 0 Å². The third kappa shape index (κ3) is 2.65. The van der Waals surface area contributed by atoms with E-state index in [1.54, 1.807) is 6.92 Å². The minimum absolute atomic E-state index is 0.00139. The van der Waals surface area contributed by atoms with Crippen molar-refractivity contribution in [1.82, 2.24) is 8.87 Å². The molecule has 0 aromatic carbocycles. The maximum absolute atomic E-state index is 12.4. The first-order chi connectivity index (χ1) is 8.82. The Balaban J connectivity index is 2.34. The van der Waals surface area contributed by atoms with Crippen LogP contribution in [0.2, 0.25) is 0 Å². The van der Waals surface area contributed by atoms with Crippen LogP contribution in [0.1, 0.15) is 17.4 Å². The third-order valence-electron chi connectivity index (χ3n) is 3.04. The Morgan fingerprint density at radius 1 is 1.53 bits per heavy atom. The number of aromatic carboxylic acids is 1. The molecule has 1 saturated heterocycles. The SMILES string of the molecule is CC1CN(S(=O)(=O)c2cc(C(=O)O)n(C)c2)CCO1. The second-order valence-electron chi connectivity index (χ2n) is 4.52. The molecule has 2 heterocycles. The number of carboxylic acids is 1. The van der Waals surface area contributed by atoms with Gasteiger partial charge >= 0.3 is 5.97 Å². The summed E-state index contributed by atoms with van der Waals surface area (Å²) in [5, 5.41) is 8.95. The van der Waals surface area contributed by atoms with E-state index in [9.17, 15) is 13.2 Å². The number of rotatable bonds is 3. The summed E-state index contributed by atoms with van der Waals surface area (Å²) in [6.45, 7) is 2.71. The Morgan fingerprint density at radius 2 is 2.21 bits per heavy atom. The van der Waals surface area contributed by atoms with Crippen LogP contribution in [0.15, 0.2) is 17.2 Å². The highest BCUT2D eigenvalue weighted by Crippen LogP contribution is 2.20. The lowest BCUT2D eigenvalue weighted by Crippen LogP contribution is -2.44. The fourth-order valence-electron chi connectivity index (χ4n) is 2.04. The van der Waals surface area contributed by atoms with Gasteiger partial charge in [-0.15, -0.1) is 0 Å². The molecule has 1 N–H and O–H groups in total. The molecule has 1 atom stereocenters. The molecule has 1 aromatic rings. The van der Waals surface area contributed by atoms with Crippen molar-refractivity contribution in [1.29, 1.82) is 0 Å². The molecule has 1 unspecified atom stereocenters. The minimum Gasteiger partial charge on any atom is -0.477 e. The van der Waals surface area contributed by atoms with Crippen LogP contribution in [0.25, 0.3) is 0 Å². The summed E-state index contributed by atoms with van der Waals surface area (Å²) in [6.07, 6.45) is 1.16. The van der Waals surface area contributed by atoms with Crippen LogP contribution < -0.4 is 0 Å². The van der Waals surface area contributed by atoms with Crippen molar-refractivity contribution in [2.24, 2.45) is 7.05 Å². The van der Waals surface area contributed by atoms with Gasteiger partial charge in [0.2, 0.25) is 10.0 Å². The molecule has 7 nitrogen and oxygen atoms in total. The van der Waals surface area contributed by atoms with Gasteiger partial charge in [-0.3, -0.25) is 0 Å². The Morgan fingerprint density at radius 3 is 2.74 bits per heavy atom. The third-order valence-corrected chi connectivity index (χ3v) is 4.87. The maximum atomic E-state index is 12.4. The van der Waals surface area contributed by atoms with E-state index in [0.717, 1.165) is 0 Å². The van der Waals surface area contributed by atoms with Crippen LogP contribution in [-0.2, 0) is 21.8 Å². The predicted molar refractivity (Wildman–Crippen MR) is 66.5 cm³/mol. The summed E-state index contributed by atoms with van der Waals surface area (Å²) in [6, 6.07) is 1.18. The molecule has 2 rings (SSSR count). The summed E-state index contributed by atoms with van der Waals surface area (Å²) in [7, 11) is -2.16. The number of hydrogen-bond acceptors (Lipinski definition) is 4. The lowest BCUT2D eigenvalue weighted by molar-refractivity contribution is 0.0102. The summed E-state index contributed by atoms with van der Waals surface area (Å²) >= 11 is 0. The molecular weight excluding hydrogens is 272 g/mol. The van der Waals surface area contributed by atoms with E-state index in [1.807, 2.05) is 0 Å². The molecule has 1 aliphatic rings. The van der Waals surface area contributed by atoms with E-state index in [-0.39, 0.29) is 29.8 Å². The van der Waals surface area contributed by atoms with E-state index >= 15 is 0 Å².